The number of nitro groups is 1. The SMILES string of the molecule is CCOc1ccccc1NC1=C(c2ccc([N+](=O)[O-])cc2)C(=O)N(c2ccccc2)C1=O. The molecule has 1 N–H and O–H groups in total. The molecule has 0 unspecified atom stereocenters. The summed E-state index contributed by atoms with van der Waals surface area (Å²) < 4.78 is 5.63. The Kier molecular flexibility index (Phi) is 5.67. The molecule has 0 spiro atoms. The van der Waals surface area contributed by atoms with E-state index in [0.29, 0.717) is 29.3 Å². The van der Waals surface area contributed by atoms with E-state index in [1.54, 1.807) is 54.6 Å². The van der Waals surface area contributed by atoms with Crippen LogP contribution in [-0.2, 0) is 9.59 Å². The maximum absolute atomic E-state index is 13.4. The van der Waals surface area contributed by atoms with Crippen LogP contribution < -0.4 is 15.0 Å². The molecular formula is C24H19N3O5. The molecule has 0 aliphatic carbocycles. The lowest BCUT2D eigenvalue weighted by molar-refractivity contribution is -0.384. The van der Waals surface area contributed by atoms with Crippen LogP contribution in [0.1, 0.15) is 12.5 Å². The minimum atomic E-state index is -0.527. The Hall–Kier alpha value is -4.46. The summed E-state index contributed by atoms with van der Waals surface area (Å²) in [5.41, 5.74) is 1.43. The second kappa shape index (κ2) is 8.73. The largest absolute Gasteiger partial charge is 0.492 e. The standard InChI is InChI=1S/C24H19N3O5/c1-2-32-20-11-7-6-10-19(20)25-22-21(16-12-14-18(15-13-16)27(30)31)23(28)26(24(22)29)17-8-4-3-5-9-17/h3-15,25H,2H2,1H3. The lowest BCUT2D eigenvalue weighted by Gasteiger charge is -2.16. The third-order valence-electron chi connectivity index (χ3n) is 4.91. The van der Waals surface area contributed by atoms with Crippen LogP contribution in [0.2, 0.25) is 0 Å². The molecule has 4 rings (SSSR count). The Morgan fingerprint density at radius 2 is 1.56 bits per heavy atom. The molecule has 0 saturated carbocycles. The zero-order valence-corrected chi connectivity index (χ0v) is 17.1. The third kappa shape index (κ3) is 3.81. The monoisotopic (exact) mass is 429 g/mol. The number of para-hydroxylation sites is 3. The minimum absolute atomic E-state index is 0.0693. The van der Waals surface area contributed by atoms with Gasteiger partial charge in [-0.05, 0) is 48.9 Å². The number of nitrogens with one attached hydrogen (secondary N) is 1. The van der Waals surface area contributed by atoms with Gasteiger partial charge in [-0.2, -0.15) is 0 Å². The Morgan fingerprint density at radius 1 is 0.906 bits per heavy atom. The number of ether oxygens (including phenoxy) is 1. The average Bonchev–Trinajstić information content (AvgIpc) is 3.05. The topological polar surface area (TPSA) is 102 Å². The van der Waals surface area contributed by atoms with Gasteiger partial charge in [0.15, 0.2) is 0 Å². The van der Waals surface area contributed by atoms with Crippen LogP contribution in [0.4, 0.5) is 17.1 Å². The second-order valence-electron chi connectivity index (χ2n) is 6.89. The highest BCUT2D eigenvalue weighted by Gasteiger charge is 2.40. The van der Waals surface area contributed by atoms with Gasteiger partial charge in [0, 0.05) is 12.1 Å². The van der Waals surface area contributed by atoms with Crippen molar-refractivity contribution in [3.63, 3.8) is 0 Å². The molecule has 160 valence electrons. The first-order valence-corrected chi connectivity index (χ1v) is 9.93. The maximum Gasteiger partial charge on any atom is 0.282 e. The number of imide groups is 1. The molecular weight excluding hydrogens is 410 g/mol. The predicted octanol–water partition coefficient (Wildman–Crippen LogP) is 4.39. The molecule has 3 aromatic rings. The zero-order chi connectivity index (χ0) is 22.7. The fourth-order valence-corrected chi connectivity index (χ4v) is 3.46. The van der Waals surface area contributed by atoms with Crippen LogP contribution in [0.25, 0.3) is 5.57 Å². The molecule has 32 heavy (non-hydrogen) atoms. The quantitative estimate of drug-likeness (QED) is 0.340. The van der Waals surface area contributed by atoms with Crippen LogP contribution >= 0.6 is 0 Å². The molecule has 0 atom stereocenters. The third-order valence-corrected chi connectivity index (χ3v) is 4.91. The van der Waals surface area contributed by atoms with Crippen molar-refractivity contribution in [1.29, 1.82) is 0 Å². The normalized spacial score (nSPS) is 13.5. The van der Waals surface area contributed by atoms with Crippen molar-refractivity contribution < 1.29 is 19.2 Å². The van der Waals surface area contributed by atoms with Crippen molar-refractivity contribution in [1.82, 2.24) is 0 Å². The van der Waals surface area contributed by atoms with Crippen LogP contribution in [0, 0.1) is 10.1 Å². The van der Waals surface area contributed by atoms with Gasteiger partial charge in [-0.3, -0.25) is 19.7 Å². The second-order valence-corrected chi connectivity index (χ2v) is 6.89. The van der Waals surface area contributed by atoms with Gasteiger partial charge < -0.3 is 10.1 Å². The molecule has 8 heteroatoms. The smallest absolute Gasteiger partial charge is 0.282 e. The van der Waals surface area contributed by atoms with E-state index in [1.807, 2.05) is 6.92 Å². The Morgan fingerprint density at radius 3 is 2.22 bits per heavy atom. The average molecular weight is 429 g/mol. The number of carbonyl (C=O) groups excluding carboxylic acids is 2. The molecule has 0 bridgehead atoms. The number of amides is 2. The first-order chi connectivity index (χ1) is 15.5. The number of hydrogen-bond acceptors (Lipinski definition) is 6. The van der Waals surface area contributed by atoms with E-state index in [9.17, 15) is 19.7 Å². The van der Waals surface area contributed by atoms with Gasteiger partial charge in [-0.1, -0.05) is 30.3 Å². The first-order valence-electron chi connectivity index (χ1n) is 9.93. The molecule has 0 aromatic heterocycles. The van der Waals surface area contributed by atoms with Crippen molar-refractivity contribution in [2.24, 2.45) is 0 Å². The zero-order valence-electron chi connectivity index (χ0n) is 17.1. The molecule has 0 saturated heterocycles. The summed E-state index contributed by atoms with van der Waals surface area (Å²) in [7, 11) is 0. The summed E-state index contributed by atoms with van der Waals surface area (Å²) >= 11 is 0. The van der Waals surface area contributed by atoms with E-state index in [1.165, 1.54) is 24.3 Å². The maximum atomic E-state index is 13.4. The van der Waals surface area contributed by atoms with Crippen molar-refractivity contribution in [2.45, 2.75) is 6.92 Å². The number of carbonyl (C=O) groups is 2. The molecule has 1 heterocycles. The summed E-state index contributed by atoms with van der Waals surface area (Å²) in [6.07, 6.45) is 0. The molecule has 1 aliphatic rings. The van der Waals surface area contributed by atoms with Gasteiger partial charge in [-0.25, -0.2) is 4.90 Å². The highest BCUT2D eigenvalue weighted by Crippen LogP contribution is 2.36. The van der Waals surface area contributed by atoms with Crippen molar-refractivity contribution >= 4 is 34.4 Å². The van der Waals surface area contributed by atoms with Crippen molar-refractivity contribution in [3.05, 3.63) is 100 Å². The van der Waals surface area contributed by atoms with Gasteiger partial charge in [0.05, 0.1) is 28.5 Å². The number of nitrogens with zero attached hydrogens (tertiary/aromatic N) is 2. The predicted molar refractivity (Wildman–Crippen MR) is 120 cm³/mol. The van der Waals surface area contributed by atoms with Crippen molar-refractivity contribution in [2.75, 3.05) is 16.8 Å². The van der Waals surface area contributed by atoms with Gasteiger partial charge in [0.2, 0.25) is 0 Å². The van der Waals surface area contributed by atoms with Gasteiger partial charge in [0.25, 0.3) is 17.5 Å². The molecule has 0 fully saturated rings. The van der Waals surface area contributed by atoms with Crippen LogP contribution in [0.5, 0.6) is 5.75 Å². The Balaban J connectivity index is 1.83. The van der Waals surface area contributed by atoms with E-state index in [4.69, 9.17) is 4.74 Å². The number of non-ortho nitro benzene ring substituents is 1. The summed E-state index contributed by atoms with van der Waals surface area (Å²) in [6.45, 7) is 2.27. The summed E-state index contributed by atoms with van der Waals surface area (Å²) in [4.78, 5) is 38.4. The highest BCUT2D eigenvalue weighted by atomic mass is 16.6. The number of anilines is 2. The Labute approximate surface area is 183 Å². The van der Waals surface area contributed by atoms with Crippen molar-refractivity contribution in [3.8, 4) is 5.75 Å². The number of hydrogen-bond donors (Lipinski definition) is 1. The first kappa shape index (κ1) is 20.8. The van der Waals surface area contributed by atoms with Gasteiger partial charge in [0.1, 0.15) is 11.4 Å². The number of rotatable bonds is 7. The van der Waals surface area contributed by atoms with E-state index in [-0.39, 0.29) is 17.0 Å². The lowest BCUT2D eigenvalue weighted by atomic mass is 10.0. The van der Waals surface area contributed by atoms with E-state index in [0.717, 1.165) is 4.90 Å². The lowest BCUT2D eigenvalue weighted by Crippen LogP contribution is -2.32. The highest BCUT2D eigenvalue weighted by molar-refractivity contribution is 6.46. The molecule has 1 aliphatic heterocycles. The minimum Gasteiger partial charge on any atom is -0.492 e. The molecule has 2 amide bonds. The van der Waals surface area contributed by atoms with E-state index in [2.05, 4.69) is 5.32 Å². The Bertz CT molecular complexity index is 1220. The number of nitro benzene ring substituents is 1. The summed E-state index contributed by atoms with van der Waals surface area (Å²) in [5.74, 6) is -0.517. The van der Waals surface area contributed by atoms with Crippen LogP contribution in [0.3, 0.4) is 0 Å². The molecule has 0 radical (unpaired) electrons. The number of benzene rings is 3. The summed E-state index contributed by atoms with van der Waals surface area (Å²) in [6, 6.07) is 21.2. The molecule has 8 nitrogen and oxygen atoms in total. The van der Waals surface area contributed by atoms with Crippen LogP contribution in [0.15, 0.2) is 84.6 Å². The van der Waals surface area contributed by atoms with Gasteiger partial charge >= 0.3 is 0 Å². The molecule has 3 aromatic carbocycles. The van der Waals surface area contributed by atoms with E-state index < -0.39 is 16.7 Å². The van der Waals surface area contributed by atoms with Crippen LogP contribution in [-0.4, -0.2) is 23.3 Å². The van der Waals surface area contributed by atoms with Gasteiger partial charge in [-0.15, -0.1) is 0 Å². The summed E-state index contributed by atoms with van der Waals surface area (Å²) in [5, 5.41) is 14.1. The van der Waals surface area contributed by atoms with E-state index >= 15 is 0 Å². The fraction of sp³-hybridized carbons (Fsp3) is 0.0833. The fourth-order valence-electron chi connectivity index (χ4n) is 3.46.